The Bertz CT molecular complexity index is 171. The Labute approximate surface area is 95.2 Å². The first-order valence-electron chi connectivity index (χ1n) is 6.55. The molecule has 2 nitrogen and oxygen atoms in total. The normalized spacial score (nSPS) is 24.4. The van der Waals surface area contributed by atoms with Gasteiger partial charge in [-0.25, -0.2) is 0 Å². The van der Waals surface area contributed by atoms with Crippen LogP contribution in [0.15, 0.2) is 0 Å². The lowest BCUT2D eigenvalue weighted by atomic mass is 9.86. The van der Waals surface area contributed by atoms with Gasteiger partial charge in [0.2, 0.25) is 0 Å². The van der Waals surface area contributed by atoms with Gasteiger partial charge in [0.25, 0.3) is 0 Å². The summed E-state index contributed by atoms with van der Waals surface area (Å²) in [5.74, 6) is 1.79. The molecule has 2 N–H and O–H groups in total. The van der Waals surface area contributed by atoms with Crippen molar-refractivity contribution in [3.05, 3.63) is 0 Å². The molecule has 1 aliphatic rings. The van der Waals surface area contributed by atoms with Crippen LogP contribution in [0.2, 0.25) is 0 Å². The van der Waals surface area contributed by atoms with Crippen LogP contribution in [0.5, 0.6) is 0 Å². The van der Waals surface area contributed by atoms with Crippen molar-refractivity contribution in [2.45, 2.75) is 59.0 Å². The summed E-state index contributed by atoms with van der Waals surface area (Å²) in [4.78, 5) is 2.58. The Morgan fingerprint density at radius 3 is 2.13 bits per heavy atom. The van der Waals surface area contributed by atoms with E-state index in [2.05, 4.69) is 32.6 Å². The molecule has 1 heterocycles. The molecule has 0 radical (unpaired) electrons. The van der Waals surface area contributed by atoms with E-state index < -0.39 is 0 Å². The monoisotopic (exact) mass is 212 g/mol. The predicted octanol–water partition coefficient (Wildman–Crippen LogP) is 2.48. The highest BCUT2D eigenvalue weighted by atomic mass is 15.2. The molecule has 1 saturated heterocycles. The van der Waals surface area contributed by atoms with Crippen LogP contribution in [0, 0.1) is 11.8 Å². The fourth-order valence-electron chi connectivity index (χ4n) is 2.61. The summed E-state index contributed by atoms with van der Waals surface area (Å²) in [6.07, 6.45) is 3.81. The number of likely N-dealkylation sites (tertiary alicyclic amines) is 1. The molecule has 0 bridgehead atoms. The summed E-state index contributed by atoms with van der Waals surface area (Å²) in [6.45, 7) is 11.7. The van der Waals surface area contributed by atoms with Crippen molar-refractivity contribution in [2.24, 2.45) is 17.6 Å². The molecule has 0 aromatic rings. The number of hydrogen-bond acceptors (Lipinski definition) is 2. The minimum atomic E-state index is 0.348. The third-order valence-corrected chi connectivity index (χ3v) is 4.18. The average Bonchev–Trinajstić information content (AvgIpc) is 2.27. The number of nitrogens with two attached hydrogens (primary N) is 1. The first-order chi connectivity index (χ1) is 7.06. The van der Waals surface area contributed by atoms with Crippen LogP contribution in [0.1, 0.15) is 47.0 Å². The third-order valence-electron chi connectivity index (χ3n) is 4.18. The maximum Gasteiger partial charge on any atom is 0.0218 e. The Balaban J connectivity index is 2.36. The lowest BCUT2D eigenvalue weighted by molar-refractivity contribution is 0.108. The zero-order chi connectivity index (χ0) is 11.4. The molecule has 0 spiro atoms. The van der Waals surface area contributed by atoms with Crippen molar-refractivity contribution in [1.82, 2.24) is 4.90 Å². The average molecular weight is 212 g/mol. The van der Waals surface area contributed by atoms with E-state index in [1.807, 2.05) is 0 Å². The van der Waals surface area contributed by atoms with Crippen molar-refractivity contribution >= 4 is 0 Å². The van der Waals surface area contributed by atoms with Gasteiger partial charge in [0.05, 0.1) is 0 Å². The Morgan fingerprint density at radius 1 is 1.20 bits per heavy atom. The molecule has 1 aliphatic heterocycles. The molecule has 2 atom stereocenters. The first-order valence-corrected chi connectivity index (χ1v) is 6.55. The van der Waals surface area contributed by atoms with Gasteiger partial charge < -0.3 is 5.73 Å². The van der Waals surface area contributed by atoms with E-state index in [0.717, 1.165) is 18.3 Å². The van der Waals surface area contributed by atoms with E-state index >= 15 is 0 Å². The lowest BCUT2D eigenvalue weighted by Crippen LogP contribution is -2.49. The Morgan fingerprint density at radius 2 is 1.73 bits per heavy atom. The smallest absolute Gasteiger partial charge is 0.0218 e. The summed E-state index contributed by atoms with van der Waals surface area (Å²) in [5.41, 5.74) is 6.10. The van der Waals surface area contributed by atoms with Gasteiger partial charge in [0.15, 0.2) is 0 Å². The summed E-state index contributed by atoms with van der Waals surface area (Å²) in [6, 6.07) is 0.906. The largest absolute Gasteiger partial charge is 0.326 e. The van der Waals surface area contributed by atoms with Gasteiger partial charge in [-0.05, 0) is 51.1 Å². The van der Waals surface area contributed by atoms with Crippen LogP contribution in [0.25, 0.3) is 0 Å². The SMILES string of the molecule is CCC(N)C(C)N1CCC(C(C)C)CC1. The van der Waals surface area contributed by atoms with E-state index in [-0.39, 0.29) is 0 Å². The molecule has 0 aliphatic carbocycles. The quantitative estimate of drug-likeness (QED) is 0.776. The van der Waals surface area contributed by atoms with Crippen molar-refractivity contribution in [3.8, 4) is 0 Å². The van der Waals surface area contributed by atoms with Crippen LogP contribution in [0.4, 0.5) is 0 Å². The van der Waals surface area contributed by atoms with E-state index in [1.165, 1.54) is 25.9 Å². The molecule has 1 rings (SSSR count). The number of nitrogens with zero attached hydrogens (tertiary/aromatic N) is 1. The Kier molecular flexibility index (Phi) is 5.07. The standard InChI is InChI=1S/C13H28N2/c1-5-13(14)11(4)15-8-6-12(7-9-15)10(2)3/h10-13H,5-9,14H2,1-4H3. The highest BCUT2D eigenvalue weighted by Gasteiger charge is 2.26. The highest BCUT2D eigenvalue weighted by Crippen LogP contribution is 2.25. The second-order valence-electron chi connectivity index (χ2n) is 5.43. The van der Waals surface area contributed by atoms with Crippen molar-refractivity contribution in [3.63, 3.8) is 0 Å². The zero-order valence-electron chi connectivity index (χ0n) is 10.9. The summed E-state index contributed by atoms with van der Waals surface area (Å²) in [7, 11) is 0. The zero-order valence-corrected chi connectivity index (χ0v) is 10.9. The van der Waals surface area contributed by atoms with Gasteiger partial charge in [-0.1, -0.05) is 20.8 Å². The minimum Gasteiger partial charge on any atom is -0.326 e. The van der Waals surface area contributed by atoms with Crippen LogP contribution >= 0.6 is 0 Å². The van der Waals surface area contributed by atoms with E-state index in [0.29, 0.717) is 12.1 Å². The van der Waals surface area contributed by atoms with Crippen molar-refractivity contribution < 1.29 is 0 Å². The molecule has 0 saturated carbocycles. The van der Waals surface area contributed by atoms with Crippen LogP contribution in [-0.2, 0) is 0 Å². The van der Waals surface area contributed by atoms with Crippen molar-refractivity contribution in [1.29, 1.82) is 0 Å². The molecule has 0 aromatic heterocycles. The van der Waals surface area contributed by atoms with E-state index in [4.69, 9.17) is 5.73 Å². The topological polar surface area (TPSA) is 29.3 Å². The van der Waals surface area contributed by atoms with Crippen LogP contribution < -0.4 is 5.73 Å². The van der Waals surface area contributed by atoms with E-state index in [1.54, 1.807) is 0 Å². The van der Waals surface area contributed by atoms with Gasteiger partial charge in [-0.2, -0.15) is 0 Å². The summed E-state index contributed by atoms with van der Waals surface area (Å²) < 4.78 is 0. The number of piperidine rings is 1. The van der Waals surface area contributed by atoms with E-state index in [9.17, 15) is 0 Å². The molecule has 0 aromatic carbocycles. The molecular formula is C13H28N2. The summed E-state index contributed by atoms with van der Waals surface area (Å²) in [5, 5.41) is 0. The number of hydrogen-bond donors (Lipinski definition) is 1. The molecule has 2 heteroatoms. The van der Waals surface area contributed by atoms with Gasteiger partial charge in [0, 0.05) is 12.1 Å². The molecule has 15 heavy (non-hydrogen) atoms. The maximum absolute atomic E-state index is 6.10. The fraction of sp³-hybridized carbons (Fsp3) is 1.00. The van der Waals surface area contributed by atoms with Gasteiger partial charge in [-0.15, -0.1) is 0 Å². The molecule has 90 valence electrons. The second-order valence-corrected chi connectivity index (χ2v) is 5.43. The lowest BCUT2D eigenvalue weighted by Gasteiger charge is -2.39. The summed E-state index contributed by atoms with van der Waals surface area (Å²) >= 11 is 0. The molecular weight excluding hydrogens is 184 g/mol. The Hall–Kier alpha value is -0.0800. The molecule has 1 fully saturated rings. The second kappa shape index (κ2) is 5.86. The molecule has 0 amide bonds. The number of rotatable bonds is 4. The van der Waals surface area contributed by atoms with Crippen LogP contribution in [-0.4, -0.2) is 30.1 Å². The van der Waals surface area contributed by atoms with Crippen LogP contribution in [0.3, 0.4) is 0 Å². The fourth-order valence-corrected chi connectivity index (χ4v) is 2.61. The minimum absolute atomic E-state index is 0.348. The highest BCUT2D eigenvalue weighted by molar-refractivity contribution is 4.82. The van der Waals surface area contributed by atoms with Gasteiger partial charge in [-0.3, -0.25) is 4.90 Å². The first kappa shape index (κ1) is 13.0. The third kappa shape index (κ3) is 3.46. The van der Waals surface area contributed by atoms with Gasteiger partial charge in [0.1, 0.15) is 0 Å². The molecule has 2 unspecified atom stereocenters. The van der Waals surface area contributed by atoms with Gasteiger partial charge >= 0.3 is 0 Å². The maximum atomic E-state index is 6.10. The van der Waals surface area contributed by atoms with Crippen molar-refractivity contribution in [2.75, 3.05) is 13.1 Å². The predicted molar refractivity (Wildman–Crippen MR) is 66.9 cm³/mol.